The summed E-state index contributed by atoms with van der Waals surface area (Å²) in [5.41, 5.74) is 1.92. The van der Waals surface area contributed by atoms with E-state index in [0.717, 1.165) is 27.0 Å². The van der Waals surface area contributed by atoms with Crippen molar-refractivity contribution in [2.24, 2.45) is 5.92 Å². The van der Waals surface area contributed by atoms with Crippen molar-refractivity contribution in [3.05, 3.63) is 69.5 Å². The van der Waals surface area contributed by atoms with Gasteiger partial charge in [0.25, 0.3) is 5.56 Å². The third-order valence-electron chi connectivity index (χ3n) is 4.28. The molecule has 0 aliphatic heterocycles. The molecule has 2 heterocycles. The zero-order chi connectivity index (χ0) is 19.0. The Kier molecular flexibility index (Phi) is 4.93. The Hall–Kier alpha value is -2.31. The Bertz CT molecular complexity index is 1180. The maximum atomic E-state index is 13.0. The van der Waals surface area contributed by atoms with Crippen LogP contribution in [0, 0.1) is 5.92 Å². The number of hydrogen-bond donors (Lipinski definition) is 0. The topological polar surface area (TPSA) is 52.2 Å². The van der Waals surface area contributed by atoms with Crippen LogP contribution in [0.4, 0.5) is 0 Å². The maximum Gasteiger partial charge on any atom is 0.262 e. The smallest absolute Gasteiger partial charge is 0.262 e. The largest absolute Gasteiger partial charge is 0.276 e. The first-order chi connectivity index (χ1) is 13.0. The van der Waals surface area contributed by atoms with Gasteiger partial charge in [0, 0.05) is 17.3 Å². The van der Waals surface area contributed by atoms with E-state index in [4.69, 9.17) is 11.6 Å². The summed E-state index contributed by atoms with van der Waals surface area (Å²) in [6.45, 7) is 4.77. The first-order valence-corrected chi connectivity index (χ1v) is 10.1. The third kappa shape index (κ3) is 3.47. The summed E-state index contributed by atoms with van der Waals surface area (Å²) in [6.07, 6.45) is 0. The molecule has 0 fully saturated rings. The summed E-state index contributed by atoms with van der Waals surface area (Å²) in [6, 6.07) is 15.4. The molecule has 0 atom stereocenters. The van der Waals surface area contributed by atoms with Crippen molar-refractivity contribution >= 4 is 40.0 Å². The molecule has 0 bridgehead atoms. The minimum Gasteiger partial charge on any atom is -0.276 e. The van der Waals surface area contributed by atoms with Crippen LogP contribution in [-0.2, 0) is 12.3 Å². The molecule has 138 valence electrons. The Morgan fingerprint density at radius 3 is 2.70 bits per heavy atom. The highest BCUT2D eigenvalue weighted by atomic mass is 35.5. The average Bonchev–Trinajstić information content (AvgIpc) is 3.07. The Morgan fingerprint density at radius 2 is 1.93 bits per heavy atom. The Balaban J connectivity index is 1.85. The van der Waals surface area contributed by atoms with Crippen molar-refractivity contribution in [1.82, 2.24) is 19.2 Å². The standard InChI is InChI=1S/C20H19ClN4OS/c1-13(2)11-24-18(26)16-8-3-4-9-17(16)25-19(24)22-23-20(25)27-12-14-6-5-7-15(21)10-14/h3-10,13H,11-12H2,1-2H3. The second-order valence-corrected chi connectivity index (χ2v) is 8.24. The molecule has 5 nitrogen and oxygen atoms in total. The summed E-state index contributed by atoms with van der Waals surface area (Å²) in [5.74, 6) is 1.63. The number of fused-ring (bicyclic) bond motifs is 3. The summed E-state index contributed by atoms with van der Waals surface area (Å²) < 4.78 is 3.71. The van der Waals surface area contributed by atoms with Gasteiger partial charge in [-0.15, -0.1) is 10.2 Å². The van der Waals surface area contributed by atoms with Crippen molar-refractivity contribution < 1.29 is 0 Å². The number of aromatic nitrogens is 4. The van der Waals surface area contributed by atoms with Crippen LogP contribution in [0.3, 0.4) is 0 Å². The molecule has 2 aromatic carbocycles. The van der Waals surface area contributed by atoms with E-state index >= 15 is 0 Å². The molecule has 0 amide bonds. The molecule has 0 unspecified atom stereocenters. The molecular weight excluding hydrogens is 380 g/mol. The van der Waals surface area contributed by atoms with Crippen molar-refractivity contribution in [2.45, 2.75) is 31.3 Å². The van der Waals surface area contributed by atoms with Gasteiger partial charge in [0.1, 0.15) is 0 Å². The summed E-state index contributed by atoms with van der Waals surface area (Å²) in [4.78, 5) is 13.0. The van der Waals surface area contributed by atoms with E-state index < -0.39 is 0 Å². The average molecular weight is 399 g/mol. The van der Waals surface area contributed by atoms with E-state index in [1.807, 2.05) is 52.9 Å². The predicted molar refractivity (Wildman–Crippen MR) is 111 cm³/mol. The molecule has 27 heavy (non-hydrogen) atoms. The molecule has 0 N–H and O–H groups in total. The van der Waals surface area contributed by atoms with E-state index in [-0.39, 0.29) is 5.56 Å². The highest BCUT2D eigenvalue weighted by Crippen LogP contribution is 2.25. The second-order valence-electron chi connectivity index (χ2n) is 6.86. The van der Waals surface area contributed by atoms with Crippen LogP contribution in [0.15, 0.2) is 58.5 Å². The van der Waals surface area contributed by atoms with Gasteiger partial charge in [0.05, 0.1) is 10.9 Å². The molecule has 0 saturated heterocycles. The first kappa shape index (κ1) is 18.1. The second kappa shape index (κ2) is 7.37. The van der Waals surface area contributed by atoms with Gasteiger partial charge in [-0.3, -0.25) is 13.8 Å². The fraction of sp³-hybridized carbons (Fsp3) is 0.250. The monoisotopic (exact) mass is 398 g/mol. The summed E-state index contributed by atoms with van der Waals surface area (Å²) in [7, 11) is 0. The molecule has 4 rings (SSSR count). The van der Waals surface area contributed by atoms with Gasteiger partial charge >= 0.3 is 0 Å². The fourth-order valence-electron chi connectivity index (χ4n) is 3.13. The van der Waals surface area contributed by atoms with E-state index in [1.54, 1.807) is 16.3 Å². The van der Waals surface area contributed by atoms with E-state index in [2.05, 4.69) is 24.0 Å². The van der Waals surface area contributed by atoms with Gasteiger partial charge in [0.2, 0.25) is 5.78 Å². The quantitative estimate of drug-likeness (QED) is 0.459. The van der Waals surface area contributed by atoms with Crippen LogP contribution in [0.5, 0.6) is 0 Å². The minimum atomic E-state index is -0.0226. The van der Waals surface area contributed by atoms with Gasteiger partial charge in [-0.05, 0) is 35.7 Å². The van der Waals surface area contributed by atoms with Crippen molar-refractivity contribution in [1.29, 1.82) is 0 Å². The Morgan fingerprint density at radius 1 is 1.11 bits per heavy atom. The SMILES string of the molecule is CC(C)Cn1c(=O)c2ccccc2n2c(SCc3cccc(Cl)c3)nnc12. The van der Waals surface area contributed by atoms with Gasteiger partial charge < -0.3 is 0 Å². The first-order valence-electron chi connectivity index (χ1n) is 8.78. The zero-order valence-corrected chi connectivity index (χ0v) is 16.7. The lowest BCUT2D eigenvalue weighted by molar-refractivity contribution is 0.517. The third-order valence-corrected chi connectivity index (χ3v) is 5.52. The normalized spacial score (nSPS) is 11.7. The number of nitrogens with zero attached hydrogens (tertiary/aromatic N) is 4. The highest BCUT2D eigenvalue weighted by molar-refractivity contribution is 7.98. The van der Waals surface area contributed by atoms with Crippen molar-refractivity contribution in [2.75, 3.05) is 0 Å². The number of rotatable bonds is 5. The molecule has 0 spiro atoms. The molecule has 0 saturated carbocycles. The lowest BCUT2D eigenvalue weighted by Crippen LogP contribution is -2.25. The number of thioether (sulfide) groups is 1. The van der Waals surface area contributed by atoms with Crippen LogP contribution in [0.2, 0.25) is 5.02 Å². The lowest BCUT2D eigenvalue weighted by Gasteiger charge is -2.12. The lowest BCUT2D eigenvalue weighted by atomic mass is 10.2. The summed E-state index contributed by atoms with van der Waals surface area (Å²) >= 11 is 7.67. The number of benzene rings is 2. The van der Waals surface area contributed by atoms with Crippen molar-refractivity contribution in [3.8, 4) is 0 Å². The van der Waals surface area contributed by atoms with Gasteiger partial charge in [-0.2, -0.15) is 0 Å². The molecule has 0 aliphatic rings. The fourth-order valence-corrected chi connectivity index (χ4v) is 4.23. The van der Waals surface area contributed by atoms with Gasteiger partial charge in [-0.1, -0.05) is 61.5 Å². The van der Waals surface area contributed by atoms with E-state index in [9.17, 15) is 4.79 Å². The van der Waals surface area contributed by atoms with E-state index in [0.29, 0.717) is 23.6 Å². The highest BCUT2D eigenvalue weighted by Gasteiger charge is 2.17. The molecule has 2 aromatic heterocycles. The van der Waals surface area contributed by atoms with Crippen molar-refractivity contribution in [3.63, 3.8) is 0 Å². The predicted octanol–water partition coefficient (Wildman–Crippen LogP) is 4.65. The molecule has 4 aromatic rings. The van der Waals surface area contributed by atoms with Crippen LogP contribution in [0.25, 0.3) is 16.7 Å². The van der Waals surface area contributed by atoms with Gasteiger partial charge in [0.15, 0.2) is 5.16 Å². The minimum absolute atomic E-state index is 0.0226. The number of hydrogen-bond acceptors (Lipinski definition) is 4. The molecule has 7 heteroatoms. The van der Waals surface area contributed by atoms with Crippen LogP contribution < -0.4 is 5.56 Å². The zero-order valence-electron chi connectivity index (χ0n) is 15.1. The van der Waals surface area contributed by atoms with Crippen LogP contribution in [-0.4, -0.2) is 19.2 Å². The number of halogens is 1. The summed E-state index contributed by atoms with van der Waals surface area (Å²) in [5, 5.41) is 10.9. The molecule has 0 radical (unpaired) electrons. The van der Waals surface area contributed by atoms with Crippen LogP contribution in [0.1, 0.15) is 19.4 Å². The van der Waals surface area contributed by atoms with Crippen LogP contribution >= 0.6 is 23.4 Å². The Labute approximate surface area is 166 Å². The molecule has 0 aliphatic carbocycles. The molecular formula is C20H19ClN4OS. The van der Waals surface area contributed by atoms with E-state index in [1.165, 1.54) is 0 Å². The number of para-hydroxylation sites is 1. The van der Waals surface area contributed by atoms with Gasteiger partial charge in [-0.25, -0.2) is 0 Å². The maximum absolute atomic E-state index is 13.0.